The second kappa shape index (κ2) is 15.4. The molecule has 14 heteroatoms. The number of ether oxygens (including phenoxy) is 1. The van der Waals surface area contributed by atoms with Crippen molar-refractivity contribution in [3.63, 3.8) is 0 Å². The monoisotopic (exact) mass is 663 g/mol. The molecule has 2 aromatic heterocycles. The number of carboxylic acids is 1. The van der Waals surface area contributed by atoms with Crippen molar-refractivity contribution in [1.82, 2.24) is 29.8 Å². The number of hydrogen-bond donors (Lipinski definition) is 3. The Kier molecular flexibility index (Phi) is 11.9. The van der Waals surface area contributed by atoms with E-state index in [0.29, 0.717) is 24.9 Å². The zero-order chi connectivity index (χ0) is 32.2. The average Bonchev–Trinajstić information content (AvgIpc) is 3.69. The Morgan fingerprint density at radius 1 is 1.19 bits per heavy atom. The van der Waals surface area contributed by atoms with E-state index in [9.17, 15) is 24.3 Å². The predicted molar refractivity (Wildman–Crippen MR) is 177 cm³/mol. The lowest BCUT2D eigenvalue weighted by atomic mass is 9.97. The summed E-state index contributed by atoms with van der Waals surface area (Å²) >= 11 is 0. The van der Waals surface area contributed by atoms with Crippen LogP contribution in [0.25, 0.3) is 5.78 Å². The Balaban J connectivity index is 0.000000316. The van der Waals surface area contributed by atoms with E-state index in [4.69, 9.17) is 10.5 Å². The molecule has 1 atom stereocenters. The second-order valence-electron chi connectivity index (χ2n) is 10.7. The zero-order valence-corrected chi connectivity index (χ0v) is 26.2. The van der Waals surface area contributed by atoms with Crippen LogP contribution < -0.4 is 11.1 Å². The number of halogens is 1. The first-order valence-corrected chi connectivity index (χ1v) is 14.4. The fourth-order valence-electron chi connectivity index (χ4n) is 5.54. The highest BCUT2D eigenvalue weighted by atomic mass is 35.5. The highest BCUT2D eigenvalue weighted by Gasteiger charge is 2.29. The van der Waals surface area contributed by atoms with Crippen LogP contribution in [0.3, 0.4) is 0 Å². The maximum absolute atomic E-state index is 13.0. The van der Waals surface area contributed by atoms with Gasteiger partial charge in [0.1, 0.15) is 18.6 Å². The quantitative estimate of drug-likeness (QED) is 0.195. The molecule has 47 heavy (non-hydrogen) atoms. The third-order valence-electron chi connectivity index (χ3n) is 7.96. The van der Waals surface area contributed by atoms with E-state index in [1.807, 2.05) is 38.2 Å². The van der Waals surface area contributed by atoms with Crippen LogP contribution in [-0.4, -0.2) is 73.5 Å². The zero-order valence-electron chi connectivity index (χ0n) is 25.4. The topological polar surface area (TPSA) is 182 Å². The minimum atomic E-state index is -1.27. The smallest absolute Gasteiger partial charge is 0.354 e. The van der Waals surface area contributed by atoms with Crippen LogP contribution in [0.2, 0.25) is 0 Å². The summed E-state index contributed by atoms with van der Waals surface area (Å²) in [6, 6.07) is 10.3. The molecule has 0 saturated carbocycles. The number of nitrogens with two attached hydrogens (primary N) is 1. The fourth-order valence-corrected chi connectivity index (χ4v) is 5.54. The summed E-state index contributed by atoms with van der Waals surface area (Å²) in [7, 11) is 1.83. The van der Waals surface area contributed by atoms with Crippen molar-refractivity contribution in [2.75, 3.05) is 20.2 Å². The van der Waals surface area contributed by atoms with Gasteiger partial charge in [0.15, 0.2) is 5.69 Å². The summed E-state index contributed by atoms with van der Waals surface area (Å²) in [5, 5.41) is 16.2. The lowest BCUT2D eigenvalue weighted by Gasteiger charge is -2.25. The molecule has 2 amide bonds. The molecule has 2 aliphatic rings. The molecule has 4 aromatic rings. The van der Waals surface area contributed by atoms with Crippen LogP contribution in [0.4, 0.5) is 0 Å². The molecule has 1 aliphatic heterocycles. The van der Waals surface area contributed by atoms with Crippen molar-refractivity contribution >= 4 is 41.9 Å². The predicted octanol–water partition coefficient (Wildman–Crippen LogP) is 3.72. The maximum atomic E-state index is 13.0. The van der Waals surface area contributed by atoms with Crippen molar-refractivity contribution in [2.45, 2.75) is 46.2 Å². The van der Waals surface area contributed by atoms with Crippen LogP contribution >= 0.6 is 12.4 Å². The van der Waals surface area contributed by atoms with Gasteiger partial charge in [0.2, 0.25) is 0 Å². The van der Waals surface area contributed by atoms with E-state index < -0.39 is 17.8 Å². The van der Waals surface area contributed by atoms with Crippen LogP contribution in [0, 0.1) is 6.92 Å². The number of likely N-dealkylation sites (N-methyl/N-ethyl adjacent to an activating group) is 1. The third-order valence-corrected chi connectivity index (χ3v) is 7.96. The van der Waals surface area contributed by atoms with Gasteiger partial charge in [-0.3, -0.25) is 9.59 Å². The summed E-state index contributed by atoms with van der Waals surface area (Å²) in [6.07, 6.45) is 4.98. The van der Waals surface area contributed by atoms with Crippen molar-refractivity contribution < 1.29 is 29.0 Å². The van der Waals surface area contributed by atoms with Gasteiger partial charge in [-0.1, -0.05) is 38.3 Å². The number of carbonyl (C=O) groups excluding carboxylic acids is 3. The van der Waals surface area contributed by atoms with Crippen LogP contribution in [0.15, 0.2) is 55.4 Å². The van der Waals surface area contributed by atoms with E-state index in [0.717, 1.165) is 46.3 Å². The Labute approximate surface area is 278 Å². The molecule has 0 spiro atoms. The molecule has 0 fully saturated rings. The van der Waals surface area contributed by atoms with Crippen LogP contribution in [0.1, 0.15) is 89.4 Å². The molecule has 1 aliphatic carbocycles. The number of esters is 1. The summed E-state index contributed by atoms with van der Waals surface area (Å²) in [6.45, 7) is 6.83. The molecular formula is C33H38ClN7O6. The number of aromatic carboxylic acids is 1. The first kappa shape index (κ1) is 36.3. The SMILES string of the molecule is C.C=CCOC(=O)c1ccc2c(c1C)CC[C@@H]2NC(=O)c1cc(C(=O)O)nc2ncnn12.CN1CCc2ccc(CN)cc2C1=O.Cl. The van der Waals surface area contributed by atoms with E-state index >= 15 is 0 Å². The van der Waals surface area contributed by atoms with Crippen LogP contribution in [-0.2, 0) is 24.1 Å². The number of nitrogens with one attached hydrogen (secondary N) is 1. The van der Waals surface area contributed by atoms with Crippen molar-refractivity contribution in [2.24, 2.45) is 5.73 Å². The molecular weight excluding hydrogens is 626 g/mol. The van der Waals surface area contributed by atoms with Crippen LogP contribution in [0.5, 0.6) is 0 Å². The summed E-state index contributed by atoms with van der Waals surface area (Å²) in [5.74, 6) is -2.04. The Hall–Kier alpha value is -5.14. The van der Waals surface area contributed by atoms with Gasteiger partial charge in [-0.25, -0.2) is 14.6 Å². The van der Waals surface area contributed by atoms with E-state index in [-0.39, 0.29) is 55.6 Å². The van der Waals surface area contributed by atoms with Crippen molar-refractivity contribution in [3.8, 4) is 0 Å². The fraction of sp³-hybridized carbons (Fsp3) is 0.303. The van der Waals surface area contributed by atoms with E-state index in [1.165, 1.54) is 23.0 Å². The number of amides is 2. The number of aromatic nitrogens is 4. The standard InChI is InChI=1S/C21H19N5O5.C11H14N2O.CH4.ClH/c1-3-8-31-20(30)13-4-5-14-12(11(13)2)6-7-15(14)24-18(27)17-9-16(19(28)29)25-21-22-10-23-26(17)21;1-13-5-4-9-3-2-8(7-12)6-10(9)11(13)14;;/h3-5,9-10,15H,1,6-8H2,2H3,(H,24,27)(H,28,29);2-3,6H,4-5,7,12H2,1H3;1H4;1H/t15-;;;/m0.../s1. The maximum Gasteiger partial charge on any atom is 0.354 e. The molecule has 0 bridgehead atoms. The summed E-state index contributed by atoms with van der Waals surface area (Å²) < 4.78 is 6.33. The normalized spacial score (nSPS) is 14.4. The molecule has 0 radical (unpaired) electrons. The van der Waals surface area contributed by atoms with Gasteiger partial charge in [-0.05, 0) is 66.1 Å². The lowest BCUT2D eigenvalue weighted by Crippen LogP contribution is -2.34. The molecule has 248 valence electrons. The minimum absolute atomic E-state index is 0. The first-order chi connectivity index (χ1) is 21.6. The number of rotatable bonds is 7. The highest BCUT2D eigenvalue weighted by molar-refractivity contribution is 5.97. The molecule has 0 unspecified atom stereocenters. The second-order valence-corrected chi connectivity index (χ2v) is 10.7. The molecule has 6 rings (SSSR count). The largest absolute Gasteiger partial charge is 0.477 e. The van der Waals surface area contributed by atoms with Gasteiger partial charge in [-0.2, -0.15) is 14.6 Å². The third kappa shape index (κ3) is 7.47. The van der Waals surface area contributed by atoms with Crippen molar-refractivity contribution in [3.05, 3.63) is 106 Å². The van der Waals surface area contributed by atoms with Gasteiger partial charge in [0, 0.05) is 31.8 Å². The average molecular weight is 664 g/mol. The van der Waals surface area contributed by atoms with E-state index in [1.54, 1.807) is 11.0 Å². The highest BCUT2D eigenvalue weighted by Crippen LogP contribution is 2.35. The Morgan fingerprint density at radius 3 is 2.66 bits per heavy atom. The lowest BCUT2D eigenvalue weighted by molar-refractivity contribution is 0.0547. The van der Waals surface area contributed by atoms with Gasteiger partial charge < -0.3 is 25.8 Å². The number of carboxylic acid groups (broad SMARTS) is 1. The number of hydrogen-bond acceptors (Lipinski definition) is 9. The summed E-state index contributed by atoms with van der Waals surface area (Å²) in [4.78, 5) is 57.8. The number of benzene rings is 2. The minimum Gasteiger partial charge on any atom is -0.477 e. The van der Waals surface area contributed by atoms with Gasteiger partial charge in [-0.15, -0.1) is 12.4 Å². The summed E-state index contributed by atoms with van der Waals surface area (Å²) in [5.41, 5.74) is 11.5. The first-order valence-electron chi connectivity index (χ1n) is 14.4. The number of fused-ring (bicyclic) bond motifs is 3. The van der Waals surface area contributed by atoms with Gasteiger partial charge >= 0.3 is 11.9 Å². The molecule has 0 saturated heterocycles. The Bertz CT molecular complexity index is 1840. The molecule has 13 nitrogen and oxygen atoms in total. The van der Waals surface area contributed by atoms with Gasteiger partial charge in [0.05, 0.1) is 11.6 Å². The molecule has 4 N–H and O–H groups in total. The molecule has 3 heterocycles. The van der Waals surface area contributed by atoms with Crippen molar-refractivity contribution in [1.29, 1.82) is 0 Å². The molecule has 2 aromatic carbocycles. The van der Waals surface area contributed by atoms with E-state index in [2.05, 4.69) is 27.0 Å². The number of carbonyl (C=O) groups is 4. The van der Waals surface area contributed by atoms with Gasteiger partial charge in [0.25, 0.3) is 17.6 Å². The Morgan fingerprint density at radius 2 is 1.96 bits per heavy atom. The number of nitrogens with zero attached hydrogens (tertiary/aromatic N) is 5.